The van der Waals surface area contributed by atoms with Crippen LogP contribution in [0.3, 0.4) is 0 Å². The van der Waals surface area contributed by atoms with Gasteiger partial charge in [0.05, 0.1) is 11.3 Å². The van der Waals surface area contributed by atoms with Crippen molar-refractivity contribution in [2.24, 2.45) is 0 Å². The molecule has 0 aromatic heterocycles. The number of carbonyl (C=O) groups excluding carboxylic acids is 2. The summed E-state index contributed by atoms with van der Waals surface area (Å²) < 4.78 is 0. The summed E-state index contributed by atoms with van der Waals surface area (Å²) in [6.07, 6.45) is 4.75. The van der Waals surface area contributed by atoms with Crippen LogP contribution in [0.4, 0.5) is 5.69 Å². The smallest absolute Gasteiger partial charge is 0.253 e. The standard InChI is InChI=1S/C18H28N2O2/c1-5-6-7-8-13-16(21)19-15-12-10-9-11-14(15)17(22)20-18(2,3)4/h9-12H,5-8,13H2,1-4H3,(H,19,21)(H,20,22). The molecule has 4 nitrogen and oxygen atoms in total. The van der Waals surface area contributed by atoms with Crippen LogP contribution in [0.2, 0.25) is 0 Å². The fraction of sp³-hybridized carbons (Fsp3) is 0.556. The number of unbranched alkanes of at least 4 members (excludes halogenated alkanes) is 3. The Labute approximate surface area is 133 Å². The van der Waals surface area contributed by atoms with E-state index in [-0.39, 0.29) is 17.4 Å². The molecular formula is C18H28N2O2. The van der Waals surface area contributed by atoms with Crippen molar-refractivity contribution < 1.29 is 9.59 Å². The minimum Gasteiger partial charge on any atom is -0.347 e. The number of hydrogen-bond acceptors (Lipinski definition) is 2. The summed E-state index contributed by atoms with van der Waals surface area (Å²) in [5.74, 6) is -0.207. The van der Waals surface area contributed by atoms with Crippen LogP contribution < -0.4 is 10.6 Å². The number of carbonyl (C=O) groups is 2. The van der Waals surface area contributed by atoms with E-state index in [0.29, 0.717) is 17.7 Å². The molecule has 0 unspecified atom stereocenters. The first-order valence-electron chi connectivity index (χ1n) is 8.05. The molecule has 4 heteroatoms. The maximum absolute atomic E-state index is 12.3. The monoisotopic (exact) mass is 304 g/mol. The Morgan fingerprint density at radius 2 is 1.73 bits per heavy atom. The third-order valence-corrected chi connectivity index (χ3v) is 3.19. The van der Waals surface area contributed by atoms with Crippen LogP contribution in [0.25, 0.3) is 0 Å². The lowest BCUT2D eigenvalue weighted by atomic mass is 10.1. The van der Waals surface area contributed by atoms with Crippen molar-refractivity contribution in [1.29, 1.82) is 0 Å². The summed E-state index contributed by atoms with van der Waals surface area (Å²) in [5, 5.41) is 5.77. The Kier molecular flexibility index (Phi) is 7.09. The molecule has 2 amide bonds. The van der Waals surface area contributed by atoms with Crippen LogP contribution in [0.15, 0.2) is 24.3 Å². The average molecular weight is 304 g/mol. The summed E-state index contributed by atoms with van der Waals surface area (Å²) in [5.41, 5.74) is 0.762. The molecule has 0 atom stereocenters. The SMILES string of the molecule is CCCCCCC(=O)Nc1ccccc1C(=O)NC(C)(C)C. The lowest BCUT2D eigenvalue weighted by Crippen LogP contribution is -2.40. The normalized spacial score (nSPS) is 11.1. The van der Waals surface area contributed by atoms with Crippen molar-refractivity contribution in [2.75, 3.05) is 5.32 Å². The van der Waals surface area contributed by atoms with Crippen molar-refractivity contribution >= 4 is 17.5 Å². The lowest BCUT2D eigenvalue weighted by Gasteiger charge is -2.21. The predicted octanol–water partition coefficient (Wildman–Crippen LogP) is 4.12. The van der Waals surface area contributed by atoms with Gasteiger partial charge in [0.15, 0.2) is 0 Å². The number of amides is 2. The topological polar surface area (TPSA) is 58.2 Å². The van der Waals surface area contributed by atoms with Crippen molar-refractivity contribution in [2.45, 2.75) is 65.3 Å². The fourth-order valence-electron chi connectivity index (χ4n) is 2.12. The van der Waals surface area contributed by atoms with Gasteiger partial charge in [-0.25, -0.2) is 0 Å². The van der Waals surface area contributed by atoms with E-state index in [1.807, 2.05) is 26.8 Å². The van der Waals surface area contributed by atoms with Gasteiger partial charge in [-0.3, -0.25) is 9.59 Å². The summed E-state index contributed by atoms with van der Waals surface area (Å²) in [6, 6.07) is 7.12. The summed E-state index contributed by atoms with van der Waals surface area (Å²) in [4.78, 5) is 24.3. The van der Waals surface area contributed by atoms with Crippen molar-refractivity contribution in [3.63, 3.8) is 0 Å². The second kappa shape index (κ2) is 8.57. The Morgan fingerprint density at radius 3 is 2.36 bits per heavy atom. The molecule has 1 rings (SSSR count). The number of nitrogens with one attached hydrogen (secondary N) is 2. The molecule has 0 spiro atoms. The maximum atomic E-state index is 12.3. The second-order valence-electron chi connectivity index (χ2n) is 6.61. The summed E-state index contributed by atoms with van der Waals surface area (Å²) in [6.45, 7) is 7.93. The highest BCUT2D eigenvalue weighted by molar-refractivity contribution is 6.03. The summed E-state index contributed by atoms with van der Waals surface area (Å²) >= 11 is 0. The van der Waals surface area contributed by atoms with Gasteiger partial charge in [-0.1, -0.05) is 38.3 Å². The number of para-hydroxylation sites is 1. The Bertz CT molecular complexity index is 504. The van der Waals surface area contributed by atoms with Gasteiger partial charge in [0.2, 0.25) is 5.91 Å². The van der Waals surface area contributed by atoms with Gasteiger partial charge in [-0.2, -0.15) is 0 Å². The largest absolute Gasteiger partial charge is 0.347 e. The molecule has 122 valence electrons. The highest BCUT2D eigenvalue weighted by Gasteiger charge is 2.18. The molecule has 0 fully saturated rings. The van der Waals surface area contributed by atoms with Crippen LogP contribution in [0, 0.1) is 0 Å². The van der Waals surface area contributed by atoms with Gasteiger partial charge in [0, 0.05) is 12.0 Å². The number of rotatable bonds is 7. The van der Waals surface area contributed by atoms with E-state index in [2.05, 4.69) is 17.6 Å². The minimum absolute atomic E-state index is 0.0351. The van der Waals surface area contributed by atoms with Gasteiger partial charge in [-0.15, -0.1) is 0 Å². The van der Waals surface area contributed by atoms with E-state index in [4.69, 9.17) is 0 Å². The third-order valence-electron chi connectivity index (χ3n) is 3.19. The van der Waals surface area contributed by atoms with Crippen molar-refractivity contribution in [3.8, 4) is 0 Å². The van der Waals surface area contributed by atoms with E-state index in [9.17, 15) is 9.59 Å². The molecule has 0 bridgehead atoms. The number of hydrogen-bond donors (Lipinski definition) is 2. The Morgan fingerprint density at radius 1 is 1.05 bits per heavy atom. The fourth-order valence-corrected chi connectivity index (χ4v) is 2.12. The molecule has 0 aliphatic heterocycles. The maximum Gasteiger partial charge on any atom is 0.253 e. The molecule has 0 aliphatic carbocycles. The van der Waals surface area contributed by atoms with Gasteiger partial charge in [0.1, 0.15) is 0 Å². The Hall–Kier alpha value is -1.84. The zero-order valence-electron chi connectivity index (χ0n) is 14.2. The first-order chi connectivity index (χ1) is 10.3. The van der Waals surface area contributed by atoms with E-state index in [0.717, 1.165) is 25.7 Å². The molecule has 0 radical (unpaired) electrons. The molecule has 1 aromatic rings. The molecule has 0 saturated heterocycles. The van der Waals surface area contributed by atoms with E-state index in [1.165, 1.54) is 0 Å². The molecule has 2 N–H and O–H groups in total. The third kappa shape index (κ3) is 6.74. The zero-order valence-corrected chi connectivity index (χ0v) is 14.2. The van der Waals surface area contributed by atoms with E-state index < -0.39 is 0 Å². The van der Waals surface area contributed by atoms with Gasteiger partial charge in [0.25, 0.3) is 5.91 Å². The first-order valence-corrected chi connectivity index (χ1v) is 8.05. The molecule has 0 saturated carbocycles. The molecule has 0 heterocycles. The van der Waals surface area contributed by atoms with Crippen LogP contribution in [0.1, 0.15) is 70.2 Å². The van der Waals surface area contributed by atoms with Gasteiger partial charge < -0.3 is 10.6 Å². The van der Waals surface area contributed by atoms with Gasteiger partial charge >= 0.3 is 0 Å². The highest BCUT2D eigenvalue weighted by atomic mass is 16.2. The first kappa shape index (κ1) is 18.2. The van der Waals surface area contributed by atoms with Crippen molar-refractivity contribution in [1.82, 2.24) is 5.32 Å². The van der Waals surface area contributed by atoms with Crippen LogP contribution in [-0.4, -0.2) is 17.4 Å². The molecule has 0 aliphatic rings. The average Bonchev–Trinajstić information content (AvgIpc) is 2.42. The molecule has 1 aromatic carbocycles. The zero-order chi connectivity index (χ0) is 16.6. The number of anilines is 1. The van der Waals surface area contributed by atoms with Crippen LogP contribution in [0.5, 0.6) is 0 Å². The lowest BCUT2D eigenvalue weighted by molar-refractivity contribution is -0.116. The predicted molar refractivity (Wildman–Crippen MR) is 91.0 cm³/mol. The van der Waals surface area contributed by atoms with Crippen LogP contribution in [-0.2, 0) is 4.79 Å². The van der Waals surface area contributed by atoms with Gasteiger partial charge in [-0.05, 0) is 39.3 Å². The van der Waals surface area contributed by atoms with E-state index in [1.54, 1.807) is 18.2 Å². The summed E-state index contributed by atoms with van der Waals surface area (Å²) in [7, 11) is 0. The number of benzene rings is 1. The minimum atomic E-state index is -0.311. The van der Waals surface area contributed by atoms with Crippen molar-refractivity contribution in [3.05, 3.63) is 29.8 Å². The molecule has 22 heavy (non-hydrogen) atoms. The Balaban J connectivity index is 2.67. The highest BCUT2D eigenvalue weighted by Crippen LogP contribution is 2.17. The quantitative estimate of drug-likeness (QED) is 0.744. The second-order valence-corrected chi connectivity index (χ2v) is 6.61. The van der Waals surface area contributed by atoms with E-state index >= 15 is 0 Å². The van der Waals surface area contributed by atoms with Crippen LogP contribution >= 0.6 is 0 Å². The molecular weight excluding hydrogens is 276 g/mol.